The van der Waals surface area contributed by atoms with Crippen LogP contribution >= 0.6 is 15.9 Å². The van der Waals surface area contributed by atoms with Gasteiger partial charge in [-0.2, -0.15) is 0 Å². The summed E-state index contributed by atoms with van der Waals surface area (Å²) in [4.78, 5) is 14.3. The summed E-state index contributed by atoms with van der Waals surface area (Å²) in [6, 6.07) is 12.8. The Morgan fingerprint density at radius 3 is 2.64 bits per heavy atom. The molecule has 0 unspecified atom stereocenters. The standard InChI is InChI=1S/C19H18BrNO4/c1-2-21(11-14-9-10-23-12-14)19(22)18-8-7-17(25-18)13-24-16-5-3-15(20)4-6-16/h3-10,12H,2,11,13H2,1H3. The van der Waals surface area contributed by atoms with Crippen LogP contribution in [0, 0.1) is 0 Å². The smallest absolute Gasteiger partial charge is 0.289 e. The van der Waals surface area contributed by atoms with Gasteiger partial charge in [0.1, 0.15) is 18.1 Å². The lowest BCUT2D eigenvalue weighted by Gasteiger charge is -2.18. The lowest BCUT2D eigenvalue weighted by molar-refractivity contribution is 0.0716. The first-order valence-electron chi connectivity index (χ1n) is 7.93. The first kappa shape index (κ1) is 17.4. The van der Waals surface area contributed by atoms with Crippen molar-refractivity contribution in [1.29, 1.82) is 0 Å². The predicted octanol–water partition coefficient (Wildman–Crippen LogP) is 4.88. The number of halogens is 1. The number of nitrogens with zero attached hydrogens (tertiary/aromatic N) is 1. The number of amides is 1. The van der Waals surface area contributed by atoms with Gasteiger partial charge >= 0.3 is 0 Å². The van der Waals surface area contributed by atoms with Gasteiger partial charge in [-0.3, -0.25) is 4.79 Å². The maximum Gasteiger partial charge on any atom is 0.289 e. The average molecular weight is 404 g/mol. The molecule has 3 rings (SSSR count). The Morgan fingerprint density at radius 2 is 1.96 bits per heavy atom. The van der Waals surface area contributed by atoms with Gasteiger partial charge in [0, 0.05) is 23.1 Å². The maximum atomic E-state index is 12.6. The van der Waals surface area contributed by atoms with E-state index < -0.39 is 0 Å². The quantitative estimate of drug-likeness (QED) is 0.564. The van der Waals surface area contributed by atoms with E-state index in [0.29, 0.717) is 24.6 Å². The van der Waals surface area contributed by atoms with Crippen LogP contribution in [0.5, 0.6) is 5.75 Å². The third kappa shape index (κ3) is 4.54. The molecule has 0 aliphatic heterocycles. The first-order valence-corrected chi connectivity index (χ1v) is 8.72. The van der Waals surface area contributed by atoms with Gasteiger partial charge in [-0.15, -0.1) is 0 Å². The van der Waals surface area contributed by atoms with E-state index in [1.165, 1.54) is 0 Å². The van der Waals surface area contributed by atoms with Gasteiger partial charge in [0.2, 0.25) is 0 Å². The second-order valence-electron chi connectivity index (χ2n) is 5.46. The van der Waals surface area contributed by atoms with E-state index in [1.54, 1.807) is 29.6 Å². The van der Waals surface area contributed by atoms with Crippen LogP contribution in [0.15, 0.2) is 68.3 Å². The van der Waals surface area contributed by atoms with E-state index in [1.807, 2.05) is 37.3 Å². The Morgan fingerprint density at radius 1 is 1.16 bits per heavy atom. The van der Waals surface area contributed by atoms with Crippen LogP contribution < -0.4 is 4.74 Å². The summed E-state index contributed by atoms with van der Waals surface area (Å²) in [5.74, 6) is 1.49. The molecule has 2 heterocycles. The molecule has 0 N–H and O–H groups in total. The van der Waals surface area contributed by atoms with Crippen LogP contribution in [0.3, 0.4) is 0 Å². The topological polar surface area (TPSA) is 55.8 Å². The van der Waals surface area contributed by atoms with Crippen LogP contribution in [0.4, 0.5) is 0 Å². The fourth-order valence-corrected chi connectivity index (χ4v) is 2.61. The molecule has 0 atom stereocenters. The second-order valence-corrected chi connectivity index (χ2v) is 6.38. The number of benzene rings is 1. The Kier molecular flexibility index (Phi) is 5.60. The minimum atomic E-state index is -0.154. The first-order chi connectivity index (χ1) is 12.2. The molecule has 0 fully saturated rings. The molecule has 0 aliphatic carbocycles. The Labute approximate surface area is 154 Å². The number of hydrogen-bond donors (Lipinski definition) is 0. The van der Waals surface area contributed by atoms with Crippen LogP contribution in [-0.4, -0.2) is 17.4 Å². The average Bonchev–Trinajstić information content (AvgIpc) is 3.30. The maximum absolute atomic E-state index is 12.6. The highest BCUT2D eigenvalue weighted by Gasteiger charge is 2.19. The van der Waals surface area contributed by atoms with E-state index in [4.69, 9.17) is 13.6 Å². The van der Waals surface area contributed by atoms with Gasteiger partial charge in [0.25, 0.3) is 5.91 Å². The number of furan rings is 2. The third-order valence-corrected chi connectivity index (χ3v) is 4.22. The third-order valence-electron chi connectivity index (χ3n) is 3.69. The molecule has 25 heavy (non-hydrogen) atoms. The molecule has 3 aromatic rings. The van der Waals surface area contributed by atoms with E-state index >= 15 is 0 Å². The number of hydrogen-bond acceptors (Lipinski definition) is 4. The molecule has 0 bridgehead atoms. The van der Waals surface area contributed by atoms with Gasteiger partial charge < -0.3 is 18.5 Å². The summed E-state index contributed by atoms with van der Waals surface area (Å²) in [6.45, 7) is 3.26. The summed E-state index contributed by atoms with van der Waals surface area (Å²) >= 11 is 3.38. The predicted molar refractivity (Wildman–Crippen MR) is 96.3 cm³/mol. The van der Waals surface area contributed by atoms with Crippen molar-refractivity contribution < 1.29 is 18.4 Å². The van der Waals surface area contributed by atoms with Crippen LogP contribution in [-0.2, 0) is 13.2 Å². The van der Waals surface area contributed by atoms with Crippen molar-refractivity contribution in [3.05, 3.63) is 76.5 Å². The zero-order chi connectivity index (χ0) is 17.6. The van der Waals surface area contributed by atoms with Crippen molar-refractivity contribution in [3.63, 3.8) is 0 Å². The molecule has 130 valence electrons. The summed E-state index contributed by atoms with van der Waals surface area (Å²) in [5.41, 5.74) is 0.945. The molecular formula is C19H18BrNO4. The number of carbonyl (C=O) groups excluding carboxylic acids is 1. The van der Waals surface area contributed by atoms with Gasteiger partial charge in [0.05, 0.1) is 12.5 Å². The SMILES string of the molecule is CCN(Cc1ccoc1)C(=O)c1ccc(COc2ccc(Br)cc2)o1. The van der Waals surface area contributed by atoms with Crippen molar-refractivity contribution in [2.45, 2.75) is 20.1 Å². The minimum absolute atomic E-state index is 0.154. The normalized spacial score (nSPS) is 10.6. The van der Waals surface area contributed by atoms with E-state index in [0.717, 1.165) is 15.8 Å². The van der Waals surface area contributed by atoms with Crippen molar-refractivity contribution >= 4 is 21.8 Å². The zero-order valence-electron chi connectivity index (χ0n) is 13.8. The second kappa shape index (κ2) is 8.07. The highest BCUT2D eigenvalue weighted by Crippen LogP contribution is 2.19. The van der Waals surface area contributed by atoms with Gasteiger partial charge in [-0.1, -0.05) is 15.9 Å². The molecule has 0 spiro atoms. The largest absolute Gasteiger partial charge is 0.486 e. The molecular weight excluding hydrogens is 386 g/mol. The number of carbonyl (C=O) groups is 1. The summed E-state index contributed by atoms with van der Waals surface area (Å²) in [6.07, 6.45) is 3.23. The highest BCUT2D eigenvalue weighted by atomic mass is 79.9. The van der Waals surface area contributed by atoms with E-state index in [-0.39, 0.29) is 12.5 Å². The number of ether oxygens (including phenoxy) is 1. The monoisotopic (exact) mass is 403 g/mol. The molecule has 6 heteroatoms. The molecule has 0 saturated heterocycles. The van der Waals surface area contributed by atoms with E-state index in [2.05, 4.69) is 15.9 Å². The summed E-state index contributed by atoms with van der Waals surface area (Å²) in [5, 5.41) is 0. The zero-order valence-corrected chi connectivity index (χ0v) is 15.4. The molecule has 0 aliphatic rings. The van der Waals surface area contributed by atoms with Gasteiger partial charge in [0.15, 0.2) is 5.76 Å². The number of rotatable bonds is 7. The Bertz CT molecular complexity index is 808. The van der Waals surface area contributed by atoms with Crippen molar-refractivity contribution in [3.8, 4) is 5.75 Å². The molecule has 1 amide bonds. The molecule has 5 nitrogen and oxygen atoms in total. The summed E-state index contributed by atoms with van der Waals surface area (Å²) < 4.78 is 17.3. The lowest BCUT2D eigenvalue weighted by atomic mass is 10.3. The van der Waals surface area contributed by atoms with Crippen LogP contribution in [0.25, 0.3) is 0 Å². The molecule has 2 aromatic heterocycles. The van der Waals surface area contributed by atoms with E-state index in [9.17, 15) is 4.79 Å². The van der Waals surface area contributed by atoms with Crippen molar-refractivity contribution in [2.24, 2.45) is 0 Å². The van der Waals surface area contributed by atoms with Crippen molar-refractivity contribution in [1.82, 2.24) is 4.90 Å². The Balaban J connectivity index is 1.61. The molecule has 1 aromatic carbocycles. The van der Waals surface area contributed by atoms with Gasteiger partial charge in [-0.05, 0) is 49.4 Å². The van der Waals surface area contributed by atoms with Crippen LogP contribution in [0.1, 0.15) is 28.8 Å². The van der Waals surface area contributed by atoms with Crippen LogP contribution in [0.2, 0.25) is 0 Å². The lowest BCUT2D eigenvalue weighted by Crippen LogP contribution is -2.29. The molecule has 0 radical (unpaired) electrons. The molecule has 0 saturated carbocycles. The van der Waals surface area contributed by atoms with Gasteiger partial charge in [-0.25, -0.2) is 0 Å². The fourth-order valence-electron chi connectivity index (χ4n) is 2.34. The minimum Gasteiger partial charge on any atom is -0.486 e. The highest BCUT2D eigenvalue weighted by molar-refractivity contribution is 9.10. The fraction of sp³-hybridized carbons (Fsp3) is 0.211. The van der Waals surface area contributed by atoms with Crippen molar-refractivity contribution in [2.75, 3.05) is 6.54 Å². The Hall–Kier alpha value is -2.47. The summed E-state index contributed by atoms with van der Waals surface area (Å²) in [7, 11) is 0.